The number of imidazole rings is 1. The number of piperidine rings is 1. The summed E-state index contributed by atoms with van der Waals surface area (Å²) in [6.45, 7) is 1.72. The van der Waals surface area contributed by atoms with Crippen molar-refractivity contribution < 1.29 is 9.66 Å². The fourth-order valence-electron chi connectivity index (χ4n) is 2.83. The van der Waals surface area contributed by atoms with Gasteiger partial charge in [0.25, 0.3) is 11.7 Å². The number of nitro groups is 1. The Hall–Kier alpha value is -2.15. The lowest BCUT2D eigenvalue weighted by atomic mass is 10.0. The highest BCUT2D eigenvalue weighted by atomic mass is 16.6. The van der Waals surface area contributed by atoms with Gasteiger partial charge in [0.05, 0.1) is 22.6 Å². The second-order valence-corrected chi connectivity index (χ2v) is 5.64. The summed E-state index contributed by atoms with van der Waals surface area (Å²) in [6.07, 6.45) is 5.90. The smallest absolute Gasteiger partial charge is 0.294 e. The van der Waals surface area contributed by atoms with Crippen LogP contribution in [0.5, 0.6) is 6.01 Å². The van der Waals surface area contributed by atoms with Crippen LogP contribution in [0.15, 0.2) is 18.2 Å². The fourth-order valence-corrected chi connectivity index (χ4v) is 2.83. The van der Waals surface area contributed by atoms with Gasteiger partial charge in [0.1, 0.15) is 0 Å². The average Bonchev–Trinajstić information content (AvgIpc) is 2.94. The summed E-state index contributed by atoms with van der Waals surface area (Å²) in [5, 5.41) is 14.3. The summed E-state index contributed by atoms with van der Waals surface area (Å²) in [4.78, 5) is 17.6. The monoisotopic (exact) mass is 304 g/mol. The van der Waals surface area contributed by atoms with Crippen LogP contribution in [0.25, 0.3) is 11.0 Å². The number of ether oxygens (including phenoxy) is 1. The van der Waals surface area contributed by atoms with E-state index in [0.29, 0.717) is 29.7 Å². The quantitative estimate of drug-likeness (QED) is 0.486. The molecule has 1 aliphatic rings. The molecule has 1 aliphatic heterocycles. The first-order valence-corrected chi connectivity index (χ1v) is 7.73. The van der Waals surface area contributed by atoms with Gasteiger partial charge in [-0.25, -0.2) is 0 Å². The molecule has 0 spiro atoms. The Morgan fingerprint density at radius 3 is 3.09 bits per heavy atom. The Kier molecular flexibility index (Phi) is 4.53. The first-order chi connectivity index (χ1) is 10.7. The lowest BCUT2D eigenvalue weighted by Gasteiger charge is -2.23. The van der Waals surface area contributed by atoms with E-state index in [1.807, 2.05) is 0 Å². The summed E-state index contributed by atoms with van der Waals surface area (Å²) in [5.74, 6) is 0. The van der Waals surface area contributed by atoms with Crippen molar-refractivity contribution in [2.24, 2.45) is 0 Å². The first kappa shape index (κ1) is 14.8. The van der Waals surface area contributed by atoms with Gasteiger partial charge in [0, 0.05) is 18.2 Å². The van der Waals surface area contributed by atoms with Crippen LogP contribution in [-0.2, 0) is 0 Å². The number of benzene rings is 1. The second kappa shape index (κ2) is 6.74. The van der Waals surface area contributed by atoms with Crippen LogP contribution in [0.1, 0.15) is 32.1 Å². The Balaban J connectivity index is 1.52. The van der Waals surface area contributed by atoms with Crippen LogP contribution >= 0.6 is 0 Å². The summed E-state index contributed by atoms with van der Waals surface area (Å²) in [5.41, 5.74) is 1.35. The van der Waals surface area contributed by atoms with Crippen molar-refractivity contribution >= 4 is 16.7 Å². The third kappa shape index (κ3) is 3.54. The standard InChI is InChI=1S/C15H20N4O3/c20-19(21)12-6-7-13-14(10-12)18-15(17-13)22-9-3-5-11-4-1-2-8-16-11/h6-7,10-11,16H,1-5,8-9H2,(H,17,18). The van der Waals surface area contributed by atoms with Crippen molar-refractivity contribution in [2.45, 2.75) is 38.1 Å². The highest BCUT2D eigenvalue weighted by Crippen LogP contribution is 2.21. The largest absolute Gasteiger partial charge is 0.465 e. The van der Waals surface area contributed by atoms with Crippen LogP contribution in [-0.4, -0.2) is 34.1 Å². The van der Waals surface area contributed by atoms with Gasteiger partial charge in [-0.2, -0.15) is 4.98 Å². The summed E-state index contributed by atoms with van der Waals surface area (Å²) in [6, 6.07) is 5.58. The topological polar surface area (TPSA) is 93.1 Å². The van der Waals surface area contributed by atoms with Crippen molar-refractivity contribution in [2.75, 3.05) is 13.2 Å². The zero-order valence-electron chi connectivity index (χ0n) is 12.4. The predicted molar refractivity (Wildman–Crippen MR) is 83.1 cm³/mol. The van der Waals surface area contributed by atoms with E-state index >= 15 is 0 Å². The number of hydrogen-bond acceptors (Lipinski definition) is 5. The Bertz CT molecular complexity index is 649. The number of H-pyrrole nitrogens is 1. The maximum atomic E-state index is 10.7. The van der Waals surface area contributed by atoms with Crippen LogP contribution in [0.2, 0.25) is 0 Å². The maximum absolute atomic E-state index is 10.7. The zero-order valence-corrected chi connectivity index (χ0v) is 12.4. The van der Waals surface area contributed by atoms with Gasteiger partial charge in [-0.15, -0.1) is 0 Å². The summed E-state index contributed by atoms with van der Waals surface area (Å²) in [7, 11) is 0. The van der Waals surface area contributed by atoms with E-state index in [1.54, 1.807) is 6.07 Å². The molecule has 1 aromatic heterocycles. The van der Waals surface area contributed by atoms with Crippen LogP contribution in [0.4, 0.5) is 5.69 Å². The first-order valence-electron chi connectivity index (χ1n) is 7.73. The molecule has 0 radical (unpaired) electrons. The highest BCUT2D eigenvalue weighted by Gasteiger charge is 2.13. The molecule has 118 valence electrons. The summed E-state index contributed by atoms with van der Waals surface area (Å²) >= 11 is 0. The SMILES string of the molecule is O=[N+]([O-])c1ccc2nc(OCCCC3CCCCN3)[nH]c2c1. The lowest BCUT2D eigenvalue weighted by molar-refractivity contribution is -0.384. The number of aromatic amines is 1. The summed E-state index contributed by atoms with van der Waals surface area (Å²) < 4.78 is 5.62. The van der Waals surface area contributed by atoms with E-state index in [2.05, 4.69) is 15.3 Å². The van der Waals surface area contributed by atoms with Gasteiger partial charge >= 0.3 is 0 Å². The molecular weight excluding hydrogens is 284 g/mol. The van der Waals surface area contributed by atoms with Crippen molar-refractivity contribution in [1.82, 2.24) is 15.3 Å². The fraction of sp³-hybridized carbons (Fsp3) is 0.533. The Morgan fingerprint density at radius 1 is 1.41 bits per heavy atom. The molecule has 7 nitrogen and oxygen atoms in total. The number of nitrogens with zero attached hydrogens (tertiary/aromatic N) is 2. The predicted octanol–water partition coefficient (Wildman–Crippen LogP) is 2.77. The highest BCUT2D eigenvalue weighted by molar-refractivity contribution is 5.78. The van der Waals surface area contributed by atoms with Crippen molar-refractivity contribution in [1.29, 1.82) is 0 Å². The molecule has 2 heterocycles. The second-order valence-electron chi connectivity index (χ2n) is 5.64. The van der Waals surface area contributed by atoms with Gasteiger partial charge in [-0.1, -0.05) is 6.42 Å². The number of fused-ring (bicyclic) bond motifs is 1. The molecule has 1 atom stereocenters. The molecule has 2 N–H and O–H groups in total. The van der Waals surface area contributed by atoms with Crippen LogP contribution in [0, 0.1) is 10.1 Å². The van der Waals surface area contributed by atoms with Crippen LogP contribution < -0.4 is 10.1 Å². The Labute approximate surface area is 128 Å². The van der Waals surface area contributed by atoms with E-state index in [9.17, 15) is 10.1 Å². The van der Waals surface area contributed by atoms with Crippen LogP contribution in [0.3, 0.4) is 0 Å². The van der Waals surface area contributed by atoms with Gasteiger partial charge < -0.3 is 15.0 Å². The van der Waals surface area contributed by atoms with E-state index in [0.717, 1.165) is 19.4 Å². The lowest BCUT2D eigenvalue weighted by Crippen LogP contribution is -2.34. The van der Waals surface area contributed by atoms with Crippen molar-refractivity contribution in [3.8, 4) is 6.01 Å². The molecule has 0 aliphatic carbocycles. The average molecular weight is 304 g/mol. The minimum atomic E-state index is -0.419. The third-order valence-corrected chi connectivity index (χ3v) is 4.00. The van der Waals surface area contributed by atoms with Gasteiger partial charge in [-0.3, -0.25) is 10.1 Å². The molecule has 0 amide bonds. The molecule has 1 fully saturated rings. The zero-order chi connectivity index (χ0) is 15.4. The van der Waals surface area contributed by atoms with Crippen molar-refractivity contribution in [3.63, 3.8) is 0 Å². The number of nitro benzene ring substituents is 1. The third-order valence-electron chi connectivity index (χ3n) is 4.00. The number of hydrogen-bond donors (Lipinski definition) is 2. The van der Waals surface area contributed by atoms with Gasteiger partial charge in [0.15, 0.2) is 0 Å². The van der Waals surface area contributed by atoms with Crippen molar-refractivity contribution in [3.05, 3.63) is 28.3 Å². The van der Waals surface area contributed by atoms with Gasteiger partial charge in [-0.05, 0) is 38.3 Å². The molecule has 7 heteroatoms. The molecule has 1 unspecified atom stereocenters. The molecule has 1 aromatic carbocycles. The number of aromatic nitrogens is 2. The molecular formula is C15H20N4O3. The molecule has 0 saturated carbocycles. The molecule has 3 rings (SSSR count). The minimum absolute atomic E-state index is 0.0473. The van der Waals surface area contributed by atoms with Gasteiger partial charge in [0.2, 0.25) is 0 Å². The Morgan fingerprint density at radius 2 is 2.32 bits per heavy atom. The van der Waals surface area contributed by atoms with E-state index < -0.39 is 4.92 Å². The van der Waals surface area contributed by atoms with E-state index in [1.165, 1.54) is 31.4 Å². The molecule has 2 aromatic rings. The number of non-ortho nitro benzene ring substituents is 1. The maximum Gasteiger partial charge on any atom is 0.294 e. The molecule has 22 heavy (non-hydrogen) atoms. The minimum Gasteiger partial charge on any atom is -0.465 e. The number of nitrogens with one attached hydrogen (secondary N) is 2. The number of rotatable bonds is 6. The van der Waals surface area contributed by atoms with E-state index in [-0.39, 0.29) is 5.69 Å². The molecule has 0 bridgehead atoms. The van der Waals surface area contributed by atoms with E-state index in [4.69, 9.17) is 4.74 Å². The normalized spacial score (nSPS) is 18.5. The molecule has 1 saturated heterocycles.